The molecule has 0 unspecified atom stereocenters. The van der Waals surface area contributed by atoms with E-state index in [0.717, 1.165) is 5.69 Å². The summed E-state index contributed by atoms with van der Waals surface area (Å²) in [5, 5.41) is 0. The van der Waals surface area contributed by atoms with Gasteiger partial charge in [0.2, 0.25) is 0 Å². The van der Waals surface area contributed by atoms with E-state index in [9.17, 15) is 0 Å². The molecule has 0 atom stereocenters. The summed E-state index contributed by atoms with van der Waals surface area (Å²) in [5.74, 6) is 0.582. The Morgan fingerprint density at radius 1 is 1.00 bits per heavy atom. The molecule has 0 N–H and O–H groups in total. The van der Waals surface area contributed by atoms with Crippen molar-refractivity contribution in [1.29, 1.82) is 0 Å². The van der Waals surface area contributed by atoms with E-state index in [-0.39, 0.29) is 0 Å². The molecule has 0 saturated heterocycles. The Kier molecular flexibility index (Phi) is 3.04. The highest BCUT2D eigenvalue weighted by Gasteiger charge is 2.03. The van der Waals surface area contributed by atoms with Gasteiger partial charge >= 0.3 is 0 Å². The third-order valence-electron chi connectivity index (χ3n) is 2.86. The van der Waals surface area contributed by atoms with Gasteiger partial charge in [-0.15, -0.1) is 0 Å². The van der Waals surface area contributed by atoms with Crippen LogP contribution < -0.4 is 0 Å². The molecule has 1 aromatic carbocycles. The van der Waals surface area contributed by atoms with Crippen LogP contribution in [-0.2, 0) is 0 Å². The van der Waals surface area contributed by atoms with Crippen LogP contribution in [0.2, 0.25) is 0 Å². The monoisotopic (exact) mass is 211 g/mol. The normalized spacial score (nSPS) is 10.8. The standard InChI is InChI=1S/C15H17N/c1-11(2)13-6-8-14(9-7-13)15-12(3)5-4-10-16-15/h4-11H,1-3H3. The molecule has 0 bridgehead atoms. The molecule has 0 fully saturated rings. The van der Waals surface area contributed by atoms with E-state index in [2.05, 4.69) is 56.1 Å². The van der Waals surface area contributed by atoms with Gasteiger partial charge < -0.3 is 0 Å². The summed E-state index contributed by atoms with van der Waals surface area (Å²) in [4.78, 5) is 4.42. The second-order valence-corrected chi connectivity index (χ2v) is 4.45. The van der Waals surface area contributed by atoms with Crippen LogP contribution in [0.4, 0.5) is 0 Å². The minimum absolute atomic E-state index is 0.582. The fraction of sp³-hybridized carbons (Fsp3) is 0.267. The highest BCUT2D eigenvalue weighted by Crippen LogP contribution is 2.23. The largest absolute Gasteiger partial charge is 0.256 e. The Balaban J connectivity index is 2.39. The third kappa shape index (κ3) is 2.13. The molecule has 1 nitrogen and oxygen atoms in total. The number of aromatic nitrogens is 1. The van der Waals surface area contributed by atoms with Crippen LogP contribution in [0.3, 0.4) is 0 Å². The molecule has 1 heterocycles. The Bertz CT molecular complexity index is 469. The lowest BCUT2D eigenvalue weighted by atomic mass is 9.99. The molecule has 82 valence electrons. The van der Waals surface area contributed by atoms with Gasteiger partial charge in [0.05, 0.1) is 5.69 Å². The van der Waals surface area contributed by atoms with Crippen molar-refractivity contribution in [3.63, 3.8) is 0 Å². The lowest BCUT2D eigenvalue weighted by Gasteiger charge is -2.08. The molecule has 0 saturated carbocycles. The summed E-state index contributed by atoms with van der Waals surface area (Å²) in [6.07, 6.45) is 1.85. The van der Waals surface area contributed by atoms with E-state index in [1.165, 1.54) is 16.7 Å². The molecule has 0 aliphatic heterocycles. The Hall–Kier alpha value is -1.63. The molecule has 1 heteroatoms. The number of pyridine rings is 1. The predicted molar refractivity (Wildman–Crippen MR) is 68.5 cm³/mol. The van der Waals surface area contributed by atoms with Crippen LogP contribution >= 0.6 is 0 Å². The van der Waals surface area contributed by atoms with Crippen LogP contribution in [0.15, 0.2) is 42.6 Å². The predicted octanol–water partition coefficient (Wildman–Crippen LogP) is 4.18. The van der Waals surface area contributed by atoms with Crippen molar-refractivity contribution in [3.05, 3.63) is 53.7 Å². The van der Waals surface area contributed by atoms with Crippen molar-refractivity contribution in [1.82, 2.24) is 4.98 Å². The lowest BCUT2D eigenvalue weighted by Crippen LogP contribution is -1.89. The van der Waals surface area contributed by atoms with Crippen molar-refractivity contribution in [2.45, 2.75) is 26.7 Å². The van der Waals surface area contributed by atoms with Crippen molar-refractivity contribution >= 4 is 0 Å². The number of benzene rings is 1. The fourth-order valence-corrected chi connectivity index (χ4v) is 1.81. The van der Waals surface area contributed by atoms with Gasteiger partial charge in [0.15, 0.2) is 0 Å². The van der Waals surface area contributed by atoms with Gasteiger partial charge in [-0.2, -0.15) is 0 Å². The number of rotatable bonds is 2. The first-order chi connectivity index (χ1) is 7.68. The smallest absolute Gasteiger partial charge is 0.0731 e. The van der Waals surface area contributed by atoms with E-state index in [4.69, 9.17) is 0 Å². The van der Waals surface area contributed by atoms with Crippen LogP contribution in [0.5, 0.6) is 0 Å². The molecular weight excluding hydrogens is 194 g/mol. The van der Waals surface area contributed by atoms with Crippen LogP contribution in [0, 0.1) is 6.92 Å². The lowest BCUT2D eigenvalue weighted by molar-refractivity contribution is 0.867. The summed E-state index contributed by atoms with van der Waals surface area (Å²) < 4.78 is 0. The zero-order chi connectivity index (χ0) is 11.5. The Morgan fingerprint density at radius 3 is 2.25 bits per heavy atom. The molecule has 0 spiro atoms. The molecule has 2 aromatic rings. The third-order valence-corrected chi connectivity index (χ3v) is 2.86. The van der Waals surface area contributed by atoms with E-state index < -0.39 is 0 Å². The summed E-state index contributed by atoms with van der Waals surface area (Å²) >= 11 is 0. The zero-order valence-corrected chi connectivity index (χ0v) is 10.1. The van der Waals surface area contributed by atoms with Gasteiger partial charge in [-0.3, -0.25) is 4.98 Å². The van der Waals surface area contributed by atoms with Crippen molar-refractivity contribution in [2.24, 2.45) is 0 Å². The minimum atomic E-state index is 0.582. The molecular formula is C15H17N. The van der Waals surface area contributed by atoms with Gasteiger partial charge in [-0.05, 0) is 30.0 Å². The van der Waals surface area contributed by atoms with Crippen molar-refractivity contribution < 1.29 is 0 Å². The van der Waals surface area contributed by atoms with Gasteiger partial charge in [-0.1, -0.05) is 44.2 Å². The summed E-state index contributed by atoms with van der Waals surface area (Å²) in [6, 6.07) is 12.8. The maximum atomic E-state index is 4.42. The average Bonchev–Trinajstić information content (AvgIpc) is 2.30. The van der Waals surface area contributed by atoms with Crippen LogP contribution in [-0.4, -0.2) is 4.98 Å². The van der Waals surface area contributed by atoms with E-state index in [1.807, 2.05) is 12.3 Å². The molecule has 0 amide bonds. The molecule has 0 aliphatic carbocycles. The first kappa shape index (κ1) is 10.9. The number of nitrogens with zero attached hydrogens (tertiary/aromatic N) is 1. The molecule has 16 heavy (non-hydrogen) atoms. The van der Waals surface area contributed by atoms with E-state index >= 15 is 0 Å². The first-order valence-corrected chi connectivity index (χ1v) is 5.70. The number of aryl methyl sites for hydroxylation is 1. The van der Waals surface area contributed by atoms with Gasteiger partial charge in [0, 0.05) is 11.8 Å². The summed E-state index contributed by atoms with van der Waals surface area (Å²) in [5.41, 5.74) is 4.87. The number of hydrogen-bond donors (Lipinski definition) is 0. The van der Waals surface area contributed by atoms with E-state index in [1.54, 1.807) is 0 Å². The highest BCUT2D eigenvalue weighted by molar-refractivity contribution is 5.62. The Morgan fingerprint density at radius 2 is 1.69 bits per heavy atom. The van der Waals surface area contributed by atoms with E-state index in [0.29, 0.717) is 5.92 Å². The Labute approximate surface area is 97.2 Å². The molecule has 0 aliphatic rings. The minimum Gasteiger partial charge on any atom is -0.256 e. The van der Waals surface area contributed by atoms with Crippen molar-refractivity contribution in [3.8, 4) is 11.3 Å². The van der Waals surface area contributed by atoms with Crippen LogP contribution in [0.25, 0.3) is 11.3 Å². The first-order valence-electron chi connectivity index (χ1n) is 5.70. The molecule has 0 radical (unpaired) electrons. The summed E-state index contributed by atoms with van der Waals surface area (Å²) in [7, 11) is 0. The van der Waals surface area contributed by atoms with Crippen LogP contribution in [0.1, 0.15) is 30.9 Å². The quantitative estimate of drug-likeness (QED) is 0.726. The number of hydrogen-bond acceptors (Lipinski definition) is 1. The van der Waals surface area contributed by atoms with Gasteiger partial charge in [0.25, 0.3) is 0 Å². The maximum absolute atomic E-state index is 4.42. The highest BCUT2D eigenvalue weighted by atomic mass is 14.7. The fourth-order valence-electron chi connectivity index (χ4n) is 1.81. The maximum Gasteiger partial charge on any atom is 0.0731 e. The SMILES string of the molecule is Cc1cccnc1-c1ccc(C(C)C)cc1. The van der Waals surface area contributed by atoms with Gasteiger partial charge in [-0.25, -0.2) is 0 Å². The molecule has 2 rings (SSSR count). The second kappa shape index (κ2) is 4.48. The zero-order valence-electron chi connectivity index (χ0n) is 10.1. The molecule has 1 aromatic heterocycles. The topological polar surface area (TPSA) is 12.9 Å². The van der Waals surface area contributed by atoms with Gasteiger partial charge in [0.1, 0.15) is 0 Å². The summed E-state index contributed by atoms with van der Waals surface area (Å²) in [6.45, 7) is 6.51. The van der Waals surface area contributed by atoms with Crippen molar-refractivity contribution in [2.75, 3.05) is 0 Å². The second-order valence-electron chi connectivity index (χ2n) is 4.45. The average molecular weight is 211 g/mol.